The molecule has 1 aliphatic carbocycles. The van der Waals surface area contributed by atoms with Crippen molar-refractivity contribution in [2.45, 2.75) is 25.3 Å². The summed E-state index contributed by atoms with van der Waals surface area (Å²) in [6, 6.07) is 25.8. The average Bonchev–Trinajstić information content (AvgIpc) is 3.65. The first-order chi connectivity index (χ1) is 21.4. The summed E-state index contributed by atoms with van der Waals surface area (Å²) in [6.45, 7) is 0.587. The minimum absolute atomic E-state index is 0.0840. The van der Waals surface area contributed by atoms with Crippen LogP contribution in [0, 0.1) is 5.82 Å². The highest BCUT2D eigenvalue weighted by atomic mass is 35.5. The number of carbonyl (C=O) groups is 2. The van der Waals surface area contributed by atoms with Gasteiger partial charge < -0.3 is 0 Å². The zero-order valence-corrected chi connectivity index (χ0v) is 24.6. The molecule has 1 saturated carbocycles. The van der Waals surface area contributed by atoms with Gasteiger partial charge in [-0.25, -0.2) is 9.07 Å². The Kier molecular flexibility index (Phi) is 7.20. The van der Waals surface area contributed by atoms with Crippen LogP contribution >= 0.6 is 23.2 Å². The van der Waals surface area contributed by atoms with Crippen molar-refractivity contribution < 1.29 is 14.0 Å². The zero-order chi connectivity index (χ0) is 30.4. The van der Waals surface area contributed by atoms with Crippen LogP contribution in [0.15, 0.2) is 91.0 Å². The number of para-hydroxylation sites is 1. The summed E-state index contributed by atoms with van der Waals surface area (Å²) in [5.74, 6) is -1.05. The molecule has 0 bridgehead atoms. The minimum Gasteiger partial charge on any atom is -0.276 e. The minimum atomic E-state index is -0.923. The number of hydrogen-bond donors (Lipinski definition) is 1. The Morgan fingerprint density at radius 1 is 0.977 bits per heavy atom. The Bertz CT molecular complexity index is 2050. The van der Waals surface area contributed by atoms with E-state index in [2.05, 4.69) is 32.6 Å². The quantitative estimate of drug-likeness (QED) is 0.174. The van der Waals surface area contributed by atoms with Crippen LogP contribution in [0.4, 0.5) is 15.9 Å². The van der Waals surface area contributed by atoms with Crippen LogP contribution in [-0.4, -0.2) is 36.3 Å². The van der Waals surface area contributed by atoms with Crippen LogP contribution in [-0.2, 0) is 6.54 Å². The average molecular weight is 625 g/mol. The highest BCUT2D eigenvalue weighted by Crippen LogP contribution is 2.45. The second kappa shape index (κ2) is 11.3. The molecule has 0 spiro atoms. The molecule has 0 saturated heterocycles. The van der Waals surface area contributed by atoms with Gasteiger partial charge >= 0.3 is 0 Å². The van der Waals surface area contributed by atoms with E-state index in [4.69, 9.17) is 23.2 Å². The number of benzene rings is 4. The number of rotatable bonds is 8. The fourth-order valence-corrected chi connectivity index (χ4v) is 5.78. The van der Waals surface area contributed by atoms with Crippen LogP contribution in [0.2, 0.25) is 5.02 Å². The van der Waals surface area contributed by atoms with E-state index in [0.29, 0.717) is 28.4 Å². The number of fused-ring (bicyclic) bond motifs is 1. The normalized spacial score (nSPS) is 12.9. The van der Waals surface area contributed by atoms with Crippen LogP contribution in [0.1, 0.15) is 50.7 Å². The summed E-state index contributed by atoms with van der Waals surface area (Å²) in [6.07, 6.45) is 2.08. The van der Waals surface area contributed by atoms with Gasteiger partial charge in [-0.1, -0.05) is 65.3 Å². The summed E-state index contributed by atoms with van der Waals surface area (Å²) in [5, 5.41) is 16.4. The summed E-state index contributed by atoms with van der Waals surface area (Å²) >= 11 is 12.1. The molecule has 44 heavy (non-hydrogen) atoms. The Hall–Kier alpha value is -4.86. The predicted octanol–water partition coefficient (Wildman–Crippen LogP) is 7.90. The molecule has 4 aromatic carbocycles. The fourth-order valence-electron chi connectivity index (χ4n) is 5.43. The van der Waals surface area contributed by atoms with E-state index in [0.717, 1.165) is 46.3 Å². The van der Waals surface area contributed by atoms with E-state index in [1.807, 2.05) is 41.1 Å². The molecule has 0 atom stereocenters. The third-order valence-corrected chi connectivity index (χ3v) is 8.08. The van der Waals surface area contributed by atoms with Gasteiger partial charge in [0.1, 0.15) is 11.5 Å². The number of carbonyl (C=O) groups excluding carboxylic acids is 2. The lowest BCUT2D eigenvalue weighted by Gasteiger charge is -2.23. The molecule has 1 N–H and O–H groups in total. The molecule has 0 aliphatic heterocycles. The molecule has 11 heteroatoms. The van der Waals surface area contributed by atoms with Crippen molar-refractivity contribution in [3.05, 3.63) is 124 Å². The molecule has 8 nitrogen and oxygen atoms in total. The highest BCUT2D eigenvalue weighted by molar-refractivity contribution is 6.68. The first kappa shape index (κ1) is 27.9. The molecule has 0 radical (unpaired) electrons. The van der Waals surface area contributed by atoms with E-state index < -0.39 is 17.0 Å². The van der Waals surface area contributed by atoms with E-state index in [-0.39, 0.29) is 22.6 Å². The summed E-state index contributed by atoms with van der Waals surface area (Å²) in [5.41, 5.74) is 3.90. The van der Waals surface area contributed by atoms with Crippen molar-refractivity contribution in [3.63, 3.8) is 0 Å². The van der Waals surface area contributed by atoms with Gasteiger partial charge in [0.15, 0.2) is 5.82 Å². The van der Waals surface area contributed by atoms with Crippen LogP contribution in [0.25, 0.3) is 22.2 Å². The predicted molar refractivity (Wildman–Crippen MR) is 167 cm³/mol. The molecule has 1 aliphatic rings. The van der Waals surface area contributed by atoms with Gasteiger partial charge in [0.05, 0.1) is 29.0 Å². The van der Waals surface area contributed by atoms with Crippen LogP contribution in [0.5, 0.6) is 0 Å². The zero-order valence-electron chi connectivity index (χ0n) is 23.0. The third kappa shape index (κ3) is 5.14. The lowest BCUT2D eigenvalue weighted by Crippen LogP contribution is -2.29. The van der Waals surface area contributed by atoms with Gasteiger partial charge in [-0.15, -0.1) is 5.10 Å². The fraction of sp³-hybridized carbons (Fsp3) is 0.121. The number of amides is 1. The molecule has 1 amide bonds. The largest absolute Gasteiger partial charge is 0.276 e. The maximum absolute atomic E-state index is 15.6. The SMILES string of the molecule is O=C(Cl)c1cccc(F)c1N(C(=O)c1cccc(Cl)c1)c1n[nH]c2ccc(-c3nnn(Cc4ccccc4)c3C3CC3)cc12. The van der Waals surface area contributed by atoms with Crippen molar-refractivity contribution in [1.82, 2.24) is 25.2 Å². The monoisotopic (exact) mass is 624 g/mol. The number of aromatic nitrogens is 5. The number of anilines is 2. The van der Waals surface area contributed by atoms with E-state index in [1.54, 1.807) is 18.2 Å². The molecule has 7 rings (SSSR count). The maximum atomic E-state index is 15.6. The number of nitrogens with zero attached hydrogens (tertiary/aromatic N) is 5. The number of halogens is 3. The summed E-state index contributed by atoms with van der Waals surface area (Å²) in [4.78, 5) is 27.6. The molecular weight excluding hydrogens is 602 g/mol. The van der Waals surface area contributed by atoms with Crippen molar-refractivity contribution in [1.29, 1.82) is 0 Å². The number of nitrogens with one attached hydrogen (secondary N) is 1. The summed E-state index contributed by atoms with van der Waals surface area (Å²) < 4.78 is 17.5. The van der Waals surface area contributed by atoms with Crippen LogP contribution in [0.3, 0.4) is 0 Å². The lowest BCUT2D eigenvalue weighted by atomic mass is 10.0. The molecule has 2 aromatic heterocycles. The molecule has 218 valence electrons. The Balaban J connectivity index is 1.39. The first-order valence-corrected chi connectivity index (χ1v) is 14.7. The second-order valence-corrected chi connectivity index (χ2v) is 11.4. The molecule has 6 aromatic rings. The Morgan fingerprint density at radius 3 is 2.52 bits per heavy atom. The topological polar surface area (TPSA) is 96.8 Å². The van der Waals surface area contributed by atoms with Crippen molar-refractivity contribution in [2.24, 2.45) is 0 Å². The number of aromatic amines is 1. The maximum Gasteiger partial charge on any atom is 0.264 e. The van der Waals surface area contributed by atoms with Gasteiger partial charge in [0.2, 0.25) is 0 Å². The second-order valence-electron chi connectivity index (χ2n) is 10.6. The Labute approximate surface area is 261 Å². The van der Waals surface area contributed by atoms with Gasteiger partial charge in [0, 0.05) is 27.5 Å². The van der Waals surface area contributed by atoms with Gasteiger partial charge in [-0.2, -0.15) is 5.10 Å². The van der Waals surface area contributed by atoms with Crippen LogP contribution < -0.4 is 4.90 Å². The third-order valence-electron chi connectivity index (χ3n) is 7.64. The molecule has 2 heterocycles. The van der Waals surface area contributed by atoms with Gasteiger partial charge in [-0.05, 0) is 72.5 Å². The van der Waals surface area contributed by atoms with E-state index >= 15 is 4.39 Å². The molecule has 0 unspecified atom stereocenters. The van der Waals surface area contributed by atoms with Crippen molar-refractivity contribution in [3.8, 4) is 11.3 Å². The van der Waals surface area contributed by atoms with Crippen molar-refractivity contribution in [2.75, 3.05) is 4.90 Å². The van der Waals surface area contributed by atoms with Gasteiger partial charge in [-0.3, -0.25) is 19.6 Å². The van der Waals surface area contributed by atoms with E-state index in [9.17, 15) is 9.59 Å². The standard InChI is InChI=1S/C33H23Cl2FN6O2/c34-23-9-4-8-22(16-23)33(44)42(30-24(31(35)43)10-5-11-26(30)36)32-25-17-21(14-15-27(25)37-39-32)28-29(20-12-13-20)41(40-38-28)18-19-6-2-1-3-7-19/h1-11,14-17,20H,12-13,18H2,(H,37,39). The summed E-state index contributed by atoms with van der Waals surface area (Å²) in [7, 11) is 0. The highest BCUT2D eigenvalue weighted by Gasteiger charge is 2.33. The Morgan fingerprint density at radius 2 is 1.77 bits per heavy atom. The molecule has 1 fully saturated rings. The first-order valence-electron chi connectivity index (χ1n) is 13.9. The number of H-pyrrole nitrogens is 1. The molecular formula is C33H23Cl2FN6O2. The van der Waals surface area contributed by atoms with E-state index in [1.165, 1.54) is 18.2 Å². The van der Waals surface area contributed by atoms with Gasteiger partial charge in [0.25, 0.3) is 11.1 Å². The number of hydrogen-bond acceptors (Lipinski definition) is 5. The van der Waals surface area contributed by atoms with Crippen molar-refractivity contribution >= 4 is 56.8 Å². The smallest absolute Gasteiger partial charge is 0.264 e. The lowest BCUT2D eigenvalue weighted by molar-refractivity contribution is 0.0998.